The van der Waals surface area contributed by atoms with Crippen molar-refractivity contribution in [3.05, 3.63) is 0 Å². The highest BCUT2D eigenvalue weighted by Gasteiger charge is 2.37. The van der Waals surface area contributed by atoms with E-state index in [0.717, 1.165) is 39.3 Å². The van der Waals surface area contributed by atoms with Gasteiger partial charge in [-0.2, -0.15) is 0 Å². The van der Waals surface area contributed by atoms with E-state index >= 15 is 0 Å². The Morgan fingerprint density at radius 3 is 2.47 bits per heavy atom. The smallest absolute Gasteiger partial charge is 0.165 e. The number of hydrogen-bond donors (Lipinski definition) is 0. The summed E-state index contributed by atoms with van der Waals surface area (Å²) in [5.41, 5.74) is 0.0662. The molecule has 4 heteroatoms. The van der Waals surface area contributed by atoms with Crippen molar-refractivity contribution in [2.75, 3.05) is 46.1 Å². The number of hydrogen-bond acceptors (Lipinski definition) is 4. The molecule has 1 aliphatic rings. The van der Waals surface area contributed by atoms with E-state index in [9.17, 15) is 0 Å². The van der Waals surface area contributed by atoms with Crippen molar-refractivity contribution in [3.8, 4) is 0 Å². The second-order valence-corrected chi connectivity index (χ2v) is 6.07. The second kappa shape index (κ2) is 8.20. The summed E-state index contributed by atoms with van der Waals surface area (Å²) in [7, 11) is 0. The van der Waals surface area contributed by atoms with Gasteiger partial charge in [-0.15, -0.1) is 0 Å². The second-order valence-electron chi connectivity index (χ2n) is 6.07. The minimum atomic E-state index is -0.0730. The Morgan fingerprint density at radius 2 is 1.95 bits per heavy atom. The molecule has 0 amide bonds. The predicted octanol–water partition coefficient (Wildman–Crippen LogP) is 2.40. The van der Waals surface area contributed by atoms with Crippen LogP contribution in [0.5, 0.6) is 0 Å². The molecule has 1 unspecified atom stereocenters. The Morgan fingerprint density at radius 1 is 1.26 bits per heavy atom. The van der Waals surface area contributed by atoms with Crippen LogP contribution in [0.4, 0.5) is 0 Å². The Bertz CT molecular complexity index is 242. The van der Waals surface area contributed by atoms with Gasteiger partial charge < -0.3 is 14.4 Å². The zero-order valence-corrected chi connectivity index (χ0v) is 13.4. The quantitative estimate of drug-likeness (QED) is 0.677. The highest BCUT2D eigenvalue weighted by Crippen LogP contribution is 2.29. The summed E-state index contributed by atoms with van der Waals surface area (Å²) in [6.07, 6.45) is 1.10. The fourth-order valence-corrected chi connectivity index (χ4v) is 2.66. The van der Waals surface area contributed by atoms with Crippen LogP contribution < -0.4 is 0 Å². The van der Waals surface area contributed by atoms with E-state index in [0.29, 0.717) is 6.73 Å². The van der Waals surface area contributed by atoms with Crippen LogP contribution in [0.1, 0.15) is 41.0 Å². The third kappa shape index (κ3) is 5.38. The lowest BCUT2D eigenvalue weighted by molar-refractivity contribution is -0.254. The predicted molar refractivity (Wildman–Crippen MR) is 79.1 cm³/mol. The molecule has 1 atom stereocenters. The molecule has 1 fully saturated rings. The Labute approximate surface area is 119 Å². The van der Waals surface area contributed by atoms with Crippen molar-refractivity contribution in [2.24, 2.45) is 5.41 Å². The van der Waals surface area contributed by atoms with Crippen LogP contribution in [0.15, 0.2) is 0 Å². The van der Waals surface area contributed by atoms with Gasteiger partial charge in [-0.25, -0.2) is 0 Å². The van der Waals surface area contributed by atoms with E-state index in [1.54, 1.807) is 0 Å². The van der Waals surface area contributed by atoms with Gasteiger partial charge in [0, 0.05) is 25.0 Å². The molecular weight excluding hydrogens is 240 g/mol. The van der Waals surface area contributed by atoms with Crippen LogP contribution in [-0.4, -0.2) is 62.2 Å². The van der Waals surface area contributed by atoms with E-state index in [1.165, 1.54) is 6.42 Å². The first kappa shape index (κ1) is 16.9. The summed E-state index contributed by atoms with van der Waals surface area (Å²) in [4.78, 5) is 4.74. The van der Waals surface area contributed by atoms with Gasteiger partial charge >= 0.3 is 0 Å². The Kier molecular flexibility index (Phi) is 7.29. The lowest BCUT2D eigenvalue weighted by Crippen LogP contribution is -2.51. The maximum Gasteiger partial charge on any atom is 0.165 e. The largest absolute Gasteiger partial charge is 0.351 e. The molecular formula is C15H32N2O2. The summed E-state index contributed by atoms with van der Waals surface area (Å²) in [6.45, 7) is 17.8. The molecule has 1 saturated heterocycles. The first-order chi connectivity index (χ1) is 9.03. The third-order valence-electron chi connectivity index (χ3n) is 3.79. The Hall–Kier alpha value is -0.160. The van der Waals surface area contributed by atoms with E-state index < -0.39 is 0 Å². The highest BCUT2D eigenvalue weighted by atomic mass is 16.7. The minimum Gasteiger partial charge on any atom is -0.351 e. The summed E-state index contributed by atoms with van der Waals surface area (Å²) >= 11 is 0. The van der Waals surface area contributed by atoms with Gasteiger partial charge in [0.05, 0.1) is 6.61 Å². The fourth-order valence-electron chi connectivity index (χ4n) is 2.66. The summed E-state index contributed by atoms with van der Waals surface area (Å²) in [5.74, 6) is 0. The monoisotopic (exact) mass is 272 g/mol. The third-order valence-corrected chi connectivity index (χ3v) is 3.79. The van der Waals surface area contributed by atoms with Gasteiger partial charge in [0.1, 0.15) is 6.73 Å². The molecule has 4 nitrogen and oxygen atoms in total. The molecule has 0 spiro atoms. The van der Waals surface area contributed by atoms with Crippen LogP contribution in [0.3, 0.4) is 0 Å². The molecule has 19 heavy (non-hydrogen) atoms. The number of ether oxygens (including phenoxy) is 2. The number of nitrogens with zero attached hydrogens (tertiary/aromatic N) is 2. The first-order valence-electron chi connectivity index (χ1n) is 7.71. The van der Waals surface area contributed by atoms with Crippen molar-refractivity contribution in [3.63, 3.8) is 0 Å². The average Bonchev–Trinajstić information content (AvgIpc) is 2.36. The minimum absolute atomic E-state index is 0.0662. The maximum atomic E-state index is 5.97. The van der Waals surface area contributed by atoms with E-state index in [1.807, 2.05) is 0 Å². The molecule has 0 aromatic carbocycles. The zero-order valence-electron chi connectivity index (χ0n) is 13.4. The van der Waals surface area contributed by atoms with Crippen molar-refractivity contribution in [1.29, 1.82) is 0 Å². The topological polar surface area (TPSA) is 24.9 Å². The highest BCUT2D eigenvalue weighted by molar-refractivity contribution is 4.80. The van der Waals surface area contributed by atoms with Crippen LogP contribution in [0.25, 0.3) is 0 Å². The standard InChI is InChI=1S/C15H32N2O2/c1-6-9-17-12-15(4,5)14(19-13-17)18-11-10-16(7-2)8-3/h14H,6-13H2,1-5H3. The molecule has 0 saturated carbocycles. The average molecular weight is 272 g/mol. The van der Waals surface area contributed by atoms with Crippen LogP contribution in [0, 0.1) is 5.41 Å². The van der Waals surface area contributed by atoms with E-state index in [4.69, 9.17) is 9.47 Å². The summed E-state index contributed by atoms with van der Waals surface area (Å²) < 4.78 is 11.9. The van der Waals surface area contributed by atoms with Gasteiger partial charge in [-0.05, 0) is 19.5 Å². The first-order valence-corrected chi connectivity index (χ1v) is 7.71. The number of likely N-dealkylation sites (N-methyl/N-ethyl adjacent to an activating group) is 1. The summed E-state index contributed by atoms with van der Waals surface area (Å²) in [6, 6.07) is 0. The van der Waals surface area contributed by atoms with E-state index in [-0.39, 0.29) is 11.7 Å². The molecule has 0 aromatic rings. The lowest BCUT2D eigenvalue weighted by Gasteiger charge is -2.43. The van der Waals surface area contributed by atoms with Gasteiger partial charge in [0.25, 0.3) is 0 Å². The van der Waals surface area contributed by atoms with Crippen molar-refractivity contribution >= 4 is 0 Å². The lowest BCUT2D eigenvalue weighted by atomic mass is 9.90. The molecule has 0 bridgehead atoms. The van der Waals surface area contributed by atoms with Gasteiger partial charge in [0.15, 0.2) is 6.29 Å². The molecule has 0 radical (unpaired) electrons. The fraction of sp³-hybridized carbons (Fsp3) is 1.00. The van der Waals surface area contributed by atoms with Gasteiger partial charge in [-0.3, -0.25) is 4.90 Å². The SMILES string of the molecule is CCCN1COC(OCCN(CC)CC)C(C)(C)C1. The zero-order chi connectivity index (χ0) is 14.3. The van der Waals surface area contributed by atoms with Crippen molar-refractivity contribution in [1.82, 2.24) is 9.80 Å². The van der Waals surface area contributed by atoms with Crippen molar-refractivity contribution in [2.45, 2.75) is 47.3 Å². The number of rotatable bonds is 8. The van der Waals surface area contributed by atoms with Crippen LogP contribution >= 0.6 is 0 Å². The summed E-state index contributed by atoms with van der Waals surface area (Å²) in [5, 5.41) is 0. The van der Waals surface area contributed by atoms with Crippen LogP contribution in [0.2, 0.25) is 0 Å². The van der Waals surface area contributed by atoms with Gasteiger partial charge in [-0.1, -0.05) is 34.6 Å². The van der Waals surface area contributed by atoms with Crippen molar-refractivity contribution < 1.29 is 9.47 Å². The van der Waals surface area contributed by atoms with E-state index in [2.05, 4.69) is 44.4 Å². The maximum absolute atomic E-state index is 5.97. The van der Waals surface area contributed by atoms with Gasteiger partial charge in [0.2, 0.25) is 0 Å². The molecule has 1 heterocycles. The molecule has 1 rings (SSSR count). The molecule has 0 aromatic heterocycles. The van der Waals surface area contributed by atoms with Crippen LogP contribution in [-0.2, 0) is 9.47 Å². The molecule has 1 aliphatic heterocycles. The molecule has 114 valence electrons. The normalized spacial score (nSPS) is 24.0. The molecule has 0 N–H and O–H groups in total. The Balaban J connectivity index is 2.34. The molecule has 0 aliphatic carbocycles.